The van der Waals surface area contributed by atoms with Crippen LogP contribution < -0.4 is 5.73 Å². The Morgan fingerprint density at radius 2 is 2.00 bits per heavy atom. The summed E-state index contributed by atoms with van der Waals surface area (Å²) in [7, 11) is 0. The van der Waals surface area contributed by atoms with Gasteiger partial charge in [-0.3, -0.25) is 4.98 Å². The van der Waals surface area contributed by atoms with E-state index in [1.54, 1.807) is 6.20 Å². The topological polar surface area (TPSA) is 38.9 Å². The van der Waals surface area contributed by atoms with Gasteiger partial charge in [0.15, 0.2) is 0 Å². The summed E-state index contributed by atoms with van der Waals surface area (Å²) >= 11 is 5.34. The lowest BCUT2D eigenvalue weighted by Gasteiger charge is -2.17. The number of pyridine rings is 1. The Hall–Kier alpha value is -0.740. The van der Waals surface area contributed by atoms with Crippen LogP contribution in [-0.4, -0.2) is 10.2 Å². The fourth-order valence-corrected chi connectivity index (χ4v) is 3.09. The van der Waals surface area contributed by atoms with E-state index < -0.39 is 0 Å². The molecule has 0 radical (unpaired) electrons. The summed E-state index contributed by atoms with van der Waals surface area (Å²) in [6, 6.07) is 6.11. The standard InChI is InChI=1S/C14H17BrN2S/c1-8(2)9(3)18-14-11-6-10(15)4-5-13(11)17-7-12(14)16/h4-9H,16H2,1-3H3. The van der Waals surface area contributed by atoms with E-state index >= 15 is 0 Å². The minimum absolute atomic E-state index is 0.525. The van der Waals surface area contributed by atoms with Crippen molar-refractivity contribution in [2.45, 2.75) is 30.9 Å². The van der Waals surface area contributed by atoms with Gasteiger partial charge in [0.05, 0.1) is 17.4 Å². The first kappa shape index (κ1) is 13.7. The molecule has 0 saturated carbocycles. The van der Waals surface area contributed by atoms with Gasteiger partial charge in [0.1, 0.15) is 0 Å². The second kappa shape index (κ2) is 5.49. The molecule has 0 fully saturated rings. The van der Waals surface area contributed by atoms with Crippen LogP contribution in [0.3, 0.4) is 0 Å². The smallest absolute Gasteiger partial charge is 0.0715 e. The van der Waals surface area contributed by atoms with Crippen LogP contribution >= 0.6 is 27.7 Å². The fourth-order valence-electron chi connectivity index (χ4n) is 1.61. The fraction of sp³-hybridized carbons (Fsp3) is 0.357. The first-order valence-corrected chi connectivity index (χ1v) is 7.66. The second-order valence-corrected chi connectivity index (χ2v) is 7.07. The monoisotopic (exact) mass is 324 g/mol. The maximum Gasteiger partial charge on any atom is 0.0715 e. The van der Waals surface area contributed by atoms with Crippen molar-refractivity contribution >= 4 is 44.3 Å². The van der Waals surface area contributed by atoms with Gasteiger partial charge in [0, 0.05) is 20.0 Å². The molecule has 1 atom stereocenters. The lowest BCUT2D eigenvalue weighted by molar-refractivity contribution is 0.642. The molecule has 0 bridgehead atoms. The molecule has 2 rings (SSSR count). The number of nitrogens with two attached hydrogens (primary N) is 1. The van der Waals surface area contributed by atoms with Crippen LogP contribution in [0, 0.1) is 5.92 Å². The third kappa shape index (κ3) is 2.81. The highest BCUT2D eigenvalue weighted by Gasteiger charge is 2.14. The summed E-state index contributed by atoms with van der Waals surface area (Å²) in [5, 5.41) is 1.65. The molecule has 1 heterocycles. The van der Waals surface area contributed by atoms with Crippen molar-refractivity contribution in [3.8, 4) is 0 Å². The molecule has 1 aromatic carbocycles. The number of fused-ring (bicyclic) bond motifs is 1. The summed E-state index contributed by atoms with van der Waals surface area (Å²) < 4.78 is 1.06. The molecule has 0 aliphatic rings. The average Bonchev–Trinajstić information content (AvgIpc) is 2.32. The lowest BCUT2D eigenvalue weighted by Crippen LogP contribution is -2.06. The quantitative estimate of drug-likeness (QED) is 0.830. The van der Waals surface area contributed by atoms with Crippen LogP contribution in [0.4, 0.5) is 5.69 Å². The average molecular weight is 325 g/mol. The number of thioether (sulfide) groups is 1. The van der Waals surface area contributed by atoms with E-state index in [1.807, 2.05) is 23.9 Å². The number of nitrogens with zero attached hydrogens (tertiary/aromatic N) is 1. The minimum atomic E-state index is 0.525. The molecule has 2 N–H and O–H groups in total. The lowest BCUT2D eigenvalue weighted by atomic mass is 10.2. The Morgan fingerprint density at radius 3 is 2.67 bits per heavy atom. The first-order valence-electron chi connectivity index (χ1n) is 5.99. The largest absolute Gasteiger partial charge is 0.397 e. The van der Waals surface area contributed by atoms with Crippen LogP contribution in [0.2, 0.25) is 0 Å². The maximum atomic E-state index is 6.09. The van der Waals surface area contributed by atoms with Gasteiger partial charge in [-0.25, -0.2) is 0 Å². The number of halogens is 1. The Morgan fingerprint density at radius 1 is 1.28 bits per heavy atom. The van der Waals surface area contributed by atoms with E-state index in [4.69, 9.17) is 5.73 Å². The van der Waals surface area contributed by atoms with E-state index in [2.05, 4.69) is 47.8 Å². The predicted molar refractivity (Wildman–Crippen MR) is 84.0 cm³/mol. The number of hydrogen-bond donors (Lipinski definition) is 1. The summed E-state index contributed by atoms with van der Waals surface area (Å²) in [6.07, 6.45) is 1.76. The second-order valence-electron chi connectivity index (χ2n) is 4.77. The van der Waals surface area contributed by atoms with Gasteiger partial charge in [-0.15, -0.1) is 11.8 Å². The number of hydrogen-bond acceptors (Lipinski definition) is 3. The van der Waals surface area contributed by atoms with Crippen molar-refractivity contribution in [2.24, 2.45) is 5.92 Å². The number of nitrogen functional groups attached to an aromatic ring is 1. The van der Waals surface area contributed by atoms with Crippen LogP contribution in [0.5, 0.6) is 0 Å². The van der Waals surface area contributed by atoms with Crippen LogP contribution in [0.25, 0.3) is 10.9 Å². The van der Waals surface area contributed by atoms with Crippen molar-refractivity contribution in [2.75, 3.05) is 5.73 Å². The summed E-state index contributed by atoms with van der Waals surface area (Å²) in [6.45, 7) is 6.69. The zero-order chi connectivity index (χ0) is 13.3. The number of benzene rings is 1. The van der Waals surface area contributed by atoms with Crippen molar-refractivity contribution in [1.82, 2.24) is 4.98 Å². The summed E-state index contributed by atoms with van der Waals surface area (Å²) in [4.78, 5) is 5.52. The predicted octanol–water partition coefficient (Wildman–Crippen LogP) is 4.72. The molecular weight excluding hydrogens is 308 g/mol. The Labute approximate surface area is 120 Å². The highest BCUT2D eigenvalue weighted by Crippen LogP contribution is 2.37. The van der Waals surface area contributed by atoms with Gasteiger partial charge in [-0.05, 0) is 24.1 Å². The SMILES string of the molecule is CC(C)C(C)Sc1c(N)cnc2ccc(Br)cc12. The summed E-state index contributed by atoms with van der Waals surface area (Å²) in [5.74, 6) is 0.616. The molecule has 4 heteroatoms. The van der Waals surface area contributed by atoms with E-state index in [9.17, 15) is 0 Å². The van der Waals surface area contributed by atoms with E-state index in [0.717, 1.165) is 26.0 Å². The zero-order valence-electron chi connectivity index (χ0n) is 10.8. The van der Waals surface area contributed by atoms with Gasteiger partial charge in [-0.2, -0.15) is 0 Å². The summed E-state index contributed by atoms with van der Waals surface area (Å²) in [5.41, 5.74) is 7.84. The number of aromatic nitrogens is 1. The van der Waals surface area contributed by atoms with E-state index in [-0.39, 0.29) is 0 Å². The third-order valence-electron chi connectivity index (χ3n) is 3.05. The van der Waals surface area contributed by atoms with Gasteiger partial charge in [-0.1, -0.05) is 36.7 Å². The molecule has 0 amide bonds. The van der Waals surface area contributed by atoms with Gasteiger partial charge in [0.2, 0.25) is 0 Å². The Kier molecular flexibility index (Phi) is 4.17. The molecule has 18 heavy (non-hydrogen) atoms. The number of rotatable bonds is 3. The van der Waals surface area contributed by atoms with Crippen LogP contribution in [0.15, 0.2) is 33.8 Å². The maximum absolute atomic E-state index is 6.09. The molecule has 0 spiro atoms. The zero-order valence-corrected chi connectivity index (χ0v) is 13.2. The third-order valence-corrected chi connectivity index (χ3v) is 5.15. The normalized spacial score (nSPS) is 13.2. The highest BCUT2D eigenvalue weighted by molar-refractivity contribution is 9.10. The van der Waals surface area contributed by atoms with Crippen LogP contribution in [0.1, 0.15) is 20.8 Å². The molecular formula is C14H17BrN2S. The van der Waals surface area contributed by atoms with Crippen molar-refractivity contribution in [3.63, 3.8) is 0 Å². The minimum Gasteiger partial charge on any atom is -0.397 e. The molecule has 96 valence electrons. The van der Waals surface area contributed by atoms with Gasteiger partial charge in [0.25, 0.3) is 0 Å². The van der Waals surface area contributed by atoms with E-state index in [0.29, 0.717) is 11.2 Å². The molecule has 0 aliphatic carbocycles. The first-order chi connectivity index (χ1) is 8.49. The molecule has 1 aromatic heterocycles. The van der Waals surface area contributed by atoms with Gasteiger partial charge < -0.3 is 5.73 Å². The number of anilines is 1. The highest BCUT2D eigenvalue weighted by atomic mass is 79.9. The molecule has 0 saturated heterocycles. The Bertz CT molecular complexity index is 564. The van der Waals surface area contributed by atoms with E-state index in [1.165, 1.54) is 0 Å². The Balaban J connectivity index is 2.53. The molecule has 2 nitrogen and oxygen atoms in total. The molecule has 1 unspecified atom stereocenters. The van der Waals surface area contributed by atoms with Crippen molar-refractivity contribution in [1.29, 1.82) is 0 Å². The van der Waals surface area contributed by atoms with Gasteiger partial charge >= 0.3 is 0 Å². The molecule has 0 aliphatic heterocycles. The van der Waals surface area contributed by atoms with Crippen LogP contribution in [-0.2, 0) is 0 Å². The van der Waals surface area contributed by atoms with Crippen molar-refractivity contribution in [3.05, 3.63) is 28.9 Å². The van der Waals surface area contributed by atoms with Crippen molar-refractivity contribution < 1.29 is 0 Å². The molecule has 2 aromatic rings.